The first-order chi connectivity index (χ1) is 6.33. The molecule has 0 aliphatic carbocycles. The maximum atomic E-state index is 10.2. The Hall–Kier alpha value is -0.570. The summed E-state index contributed by atoms with van der Waals surface area (Å²) in [5.41, 5.74) is 0. The molecule has 0 aromatic heterocycles. The fourth-order valence-electron chi connectivity index (χ4n) is 0.927. The predicted molar refractivity (Wildman–Crippen MR) is 57.8 cm³/mol. The van der Waals surface area contributed by atoms with Crippen LogP contribution in [0.15, 0.2) is 0 Å². The summed E-state index contributed by atoms with van der Waals surface area (Å²) in [5, 5.41) is 0. The lowest BCUT2D eigenvalue weighted by atomic mass is 10.4. The smallest absolute Gasteiger partial charge is 0.209 e. The summed E-state index contributed by atoms with van der Waals surface area (Å²) in [6.45, 7) is 11.8. The first kappa shape index (κ1) is 14.9. The number of nitrogens with zero attached hydrogens (tertiary/aromatic N) is 2. The van der Waals surface area contributed by atoms with E-state index in [-0.39, 0.29) is 0 Å². The molecule has 1 aliphatic rings. The van der Waals surface area contributed by atoms with Crippen molar-refractivity contribution in [3.05, 3.63) is 0 Å². The van der Waals surface area contributed by atoms with E-state index in [1.165, 1.54) is 0 Å². The van der Waals surface area contributed by atoms with Crippen LogP contribution in [0.5, 0.6) is 0 Å². The predicted octanol–water partition coefficient (Wildman–Crippen LogP) is 1.44. The Morgan fingerprint density at radius 2 is 1.31 bits per heavy atom. The van der Waals surface area contributed by atoms with Crippen molar-refractivity contribution in [3.63, 3.8) is 0 Å². The molecule has 0 unspecified atom stereocenters. The first-order valence-corrected chi connectivity index (χ1v) is 5.21. The van der Waals surface area contributed by atoms with Crippen molar-refractivity contribution >= 4 is 6.41 Å². The molecule has 0 aromatic rings. The molecule has 0 N–H and O–H groups in total. The van der Waals surface area contributed by atoms with Gasteiger partial charge in [-0.3, -0.25) is 4.79 Å². The van der Waals surface area contributed by atoms with Crippen molar-refractivity contribution < 1.29 is 4.79 Å². The lowest BCUT2D eigenvalue weighted by molar-refractivity contribution is -0.119. The summed E-state index contributed by atoms with van der Waals surface area (Å²) in [7, 11) is 2.07. The highest BCUT2D eigenvalue weighted by Gasteiger charge is 2.10. The maximum absolute atomic E-state index is 10.2. The van der Waals surface area contributed by atoms with E-state index >= 15 is 0 Å². The first-order valence-electron chi connectivity index (χ1n) is 5.21. The Morgan fingerprint density at radius 3 is 1.62 bits per heavy atom. The molecular formula is C10H24N2O. The average molecular weight is 188 g/mol. The Morgan fingerprint density at radius 1 is 0.923 bits per heavy atom. The van der Waals surface area contributed by atoms with Crippen LogP contribution in [0.25, 0.3) is 0 Å². The summed E-state index contributed by atoms with van der Waals surface area (Å²) in [5.74, 6) is 0. The quantitative estimate of drug-likeness (QED) is 0.581. The van der Waals surface area contributed by atoms with E-state index in [9.17, 15) is 4.79 Å². The molecule has 1 rings (SSSR count). The minimum atomic E-state index is 0.889. The molecule has 0 spiro atoms. The number of hydrogen-bond donors (Lipinski definition) is 0. The fourth-order valence-corrected chi connectivity index (χ4v) is 0.927. The van der Waals surface area contributed by atoms with Crippen LogP contribution in [0.3, 0.4) is 0 Å². The largest absolute Gasteiger partial charge is 0.343 e. The maximum Gasteiger partial charge on any atom is 0.209 e. The van der Waals surface area contributed by atoms with Crippen molar-refractivity contribution in [2.24, 2.45) is 0 Å². The van der Waals surface area contributed by atoms with Gasteiger partial charge in [-0.15, -0.1) is 0 Å². The second-order valence-corrected chi connectivity index (χ2v) is 2.44. The zero-order valence-electron chi connectivity index (χ0n) is 9.71. The van der Waals surface area contributed by atoms with Gasteiger partial charge >= 0.3 is 0 Å². The summed E-state index contributed by atoms with van der Waals surface area (Å²) in [4.78, 5) is 14.2. The minimum Gasteiger partial charge on any atom is -0.343 e. The van der Waals surface area contributed by atoms with Gasteiger partial charge in [-0.2, -0.15) is 0 Å². The van der Waals surface area contributed by atoms with Crippen LogP contribution in [0, 0.1) is 0 Å². The second kappa shape index (κ2) is 11.4. The Bertz CT molecular complexity index is 99.1. The van der Waals surface area contributed by atoms with Gasteiger partial charge in [0.05, 0.1) is 0 Å². The van der Waals surface area contributed by atoms with Gasteiger partial charge in [-0.05, 0) is 7.05 Å². The molecule has 1 fully saturated rings. The highest BCUT2D eigenvalue weighted by Crippen LogP contribution is 1.94. The monoisotopic (exact) mass is 188 g/mol. The Kier molecular flexibility index (Phi) is 13.1. The topological polar surface area (TPSA) is 23.6 Å². The third kappa shape index (κ3) is 7.78. The third-order valence-corrected chi connectivity index (χ3v) is 1.69. The van der Waals surface area contributed by atoms with Gasteiger partial charge in [-0.1, -0.05) is 27.7 Å². The van der Waals surface area contributed by atoms with Crippen molar-refractivity contribution in [2.75, 3.05) is 33.2 Å². The van der Waals surface area contributed by atoms with Gasteiger partial charge in [0.25, 0.3) is 0 Å². The molecule has 0 aromatic carbocycles. The van der Waals surface area contributed by atoms with Gasteiger partial charge in [0.15, 0.2) is 0 Å². The number of piperazine rings is 1. The molecule has 3 heteroatoms. The van der Waals surface area contributed by atoms with Crippen molar-refractivity contribution in [1.82, 2.24) is 9.80 Å². The molecule has 0 atom stereocenters. The van der Waals surface area contributed by atoms with Crippen LogP contribution in [0.1, 0.15) is 27.7 Å². The minimum absolute atomic E-state index is 0.889. The van der Waals surface area contributed by atoms with Crippen molar-refractivity contribution in [1.29, 1.82) is 0 Å². The Balaban J connectivity index is 0. The van der Waals surface area contributed by atoms with E-state index in [0.29, 0.717) is 0 Å². The SMILES string of the molecule is CC.CC.CN1CCN(C=O)CC1. The van der Waals surface area contributed by atoms with E-state index in [1.807, 2.05) is 27.7 Å². The molecule has 1 saturated heterocycles. The van der Waals surface area contributed by atoms with Crippen LogP contribution in [0.2, 0.25) is 0 Å². The molecule has 1 heterocycles. The highest BCUT2D eigenvalue weighted by molar-refractivity contribution is 5.47. The Labute approximate surface area is 82.7 Å². The number of carbonyl (C=O) groups is 1. The number of amides is 1. The number of rotatable bonds is 1. The van der Waals surface area contributed by atoms with Gasteiger partial charge in [0.2, 0.25) is 6.41 Å². The van der Waals surface area contributed by atoms with E-state index < -0.39 is 0 Å². The van der Waals surface area contributed by atoms with Crippen LogP contribution >= 0.6 is 0 Å². The van der Waals surface area contributed by atoms with Crippen LogP contribution in [0.4, 0.5) is 0 Å². The van der Waals surface area contributed by atoms with Gasteiger partial charge in [0, 0.05) is 26.2 Å². The van der Waals surface area contributed by atoms with E-state index in [4.69, 9.17) is 0 Å². The van der Waals surface area contributed by atoms with Crippen molar-refractivity contribution in [3.8, 4) is 0 Å². The van der Waals surface area contributed by atoms with Gasteiger partial charge in [-0.25, -0.2) is 0 Å². The van der Waals surface area contributed by atoms with Crippen LogP contribution in [-0.4, -0.2) is 49.4 Å². The summed E-state index contributed by atoms with van der Waals surface area (Å²) in [6, 6.07) is 0. The summed E-state index contributed by atoms with van der Waals surface area (Å²) < 4.78 is 0. The molecule has 0 saturated carbocycles. The summed E-state index contributed by atoms with van der Waals surface area (Å²) in [6.07, 6.45) is 0.924. The fraction of sp³-hybridized carbons (Fsp3) is 0.900. The van der Waals surface area contributed by atoms with Crippen molar-refractivity contribution in [2.45, 2.75) is 27.7 Å². The van der Waals surface area contributed by atoms with Crippen LogP contribution < -0.4 is 0 Å². The zero-order valence-corrected chi connectivity index (χ0v) is 9.71. The normalized spacial score (nSPS) is 16.2. The molecule has 3 nitrogen and oxygen atoms in total. The van der Waals surface area contributed by atoms with Crippen LogP contribution in [-0.2, 0) is 4.79 Å². The number of hydrogen-bond acceptors (Lipinski definition) is 2. The van der Waals surface area contributed by atoms with E-state index in [1.54, 1.807) is 4.90 Å². The molecule has 80 valence electrons. The molecule has 0 radical (unpaired) electrons. The standard InChI is InChI=1S/C6H12N2O.2C2H6/c1-7-2-4-8(6-9)5-3-7;2*1-2/h6H,2-5H2,1H3;2*1-2H3. The molecular weight excluding hydrogens is 164 g/mol. The third-order valence-electron chi connectivity index (χ3n) is 1.69. The lowest BCUT2D eigenvalue weighted by Gasteiger charge is -2.29. The second-order valence-electron chi connectivity index (χ2n) is 2.44. The van der Waals surface area contributed by atoms with E-state index in [2.05, 4.69) is 11.9 Å². The lowest BCUT2D eigenvalue weighted by Crippen LogP contribution is -2.43. The molecule has 1 amide bonds. The zero-order chi connectivity index (χ0) is 10.7. The van der Waals surface area contributed by atoms with Gasteiger partial charge < -0.3 is 9.80 Å². The average Bonchev–Trinajstić information content (AvgIpc) is 2.25. The highest BCUT2D eigenvalue weighted by atomic mass is 16.1. The number of likely N-dealkylation sites (N-methyl/N-ethyl adjacent to an activating group) is 1. The summed E-state index contributed by atoms with van der Waals surface area (Å²) >= 11 is 0. The molecule has 1 aliphatic heterocycles. The van der Waals surface area contributed by atoms with Gasteiger partial charge in [0.1, 0.15) is 0 Å². The number of carbonyl (C=O) groups excluding carboxylic acids is 1. The van der Waals surface area contributed by atoms with E-state index in [0.717, 1.165) is 32.6 Å². The molecule has 13 heavy (non-hydrogen) atoms. The molecule has 0 bridgehead atoms.